The van der Waals surface area contributed by atoms with Gasteiger partial charge >= 0.3 is 0 Å². The number of fused-ring (bicyclic) bond motifs is 1. The van der Waals surface area contributed by atoms with E-state index in [9.17, 15) is 14.4 Å². The predicted octanol–water partition coefficient (Wildman–Crippen LogP) is 2.18. The van der Waals surface area contributed by atoms with Crippen LogP contribution >= 0.6 is 0 Å². The minimum absolute atomic E-state index is 0.300. The van der Waals surface area contributed by atoms with E-state index in [0.29, 0.717) is 22.4 Å². The van der Waals surface area contributed by atoms with Crippen LogP contribution < -0.4 is 5.32 Å². The molecule has 2 aromatic carbocycles. The zero-order valence-electron chi connectivity index (χ0n) is 12.8. The van der Waals surface area contributed by atoms with Crippen molar-refractivity contribution in [2.24, 2.45) is 0 Å². The van der Waals surface area contributed by atoms with Gasteiger partial charge in [0.05, 0.1) is 22.8 Å². The summed E-state index contributed by atoms with van der Waals surface area (Å²) in [5.74, 6) is -1.47. The summed E-state index contributed by atoms with van der Waals surface area (Å²) in [6, 6.07) is 13.9. The lowest BCUT2D eigenvalue weighted by molar-refractivity contribution is -0.119. The van der Waals surface area contributed by atoms with Gasteiger partial charge < -0.3 is 5.32 Å². The molecule has 0 radical (unpaired) electrons. The first-order chi connectivity index (χ1) is 11.5. The summed E-state index contributed by atoms with van der Waals surface area (Å²) < 4.78 is 0. The molecule has 6 nitrogen and oxygen atoms in total. The van der Waals surface area contributed by atoms with Gasteiger partial charge in [-0.1, -0.05) is 18.2 Å². The summed E-state index contributed by atoms with van der Waals surface area (Å²) in [7, 11) is 0. The molecule has 0 saturated heterocycles. The van der Waals surface area contributed by atoms with Crippen LogP contribution in [-0.2, 0) is 4.79 Å². The molecule has 0 unspecified atom stereocenters. The van der Waals surface area contributed by atoms with Crippen molar-refractivity contribution in [1.29, 1.82) is 5.26 Å². The van der Waals surface area contributed by atoms with Crippen molar-refractivity contribution in [3.8, 4) is 6.07 Å². The zero-order chi connectivity index (χ0) is 17.3. The predicted molar refractivity (Wildman–Crippen MR) is 86.2 cm³/mol. The molecule has 0 aliphatic carbocycles. The number of nitrogens with zero attached hydrogens (tertiary/aromatic N) is 2. The summed E-state index contributed by atoms with van der Waals surface area (Å²) in [5.41, 5.74) is 1.44. The molecule has 0 aromatic heterocycles. The lowest BCUT2D eigenvalue weighted by Crippen LogP contribution is -2.45. The fraction of sp³-hybridized carbons (Fsp3) is 0.111. The Balaban J connectivity index is 1.81. The van der Waals surface area contributed by atoms with Gasteiger partial charge in [0.1, 0.15) is 6.04 Å². The van der Waals surface area contributed by atoms with E-state index in [4.69, 9.17) is 5.26 Å². The second-order valence-corrected chi connectivity index (χ2v) is 5.38. The zero-order valence-corrected chi connectivity index (χ0v) is 12.8. The first-order valence-electron chi connectivity index (χ1n) is 7.31. The molecule has 1 N–H and O–H groups in total. The van der Waals surface area contributed by atoms with Crippen LogP contribution in [0.2, 0.25) is 0 Å². The van der Waals surface area contributed by atoms with Crippen molar-refractivity contribution in [3.05, 3.63) is 65.2 Å². The van der Waals surface area contributed by atoms with E-state index in [-0.39, 0.29) is 0 Å². The first-order valence-corrected chi connectivity index (χ1v) is 7.31. The largest absolute Gasteiger partial charge is 0.324 e. The molecule has 0 fully saturated rings. The standard InChI is InChI=1S/C18H13N3O3/c1-11(16(22)20-13-6-4-5-12(9-13)10-19)21-17(23)14-7-2-3-8-15(14)18(21)24/h2-9,11H,1H3,(H,20,22)/t11-/m0/s1. The third kappa shape index (κ3) is 2.52. The average Bonchev–Trinajstić information content (AvgIpc) is 2.86. The molecule has 1 heterocycles. The lowest BCUT2D eigenvalue weighted by atomic mass is 10.1. The summed E-state index contributed by atoms with van der Waals surface area (Å²) >= 11 is 0. The molecule has 0 saturated carbocycles. The van der Waals surface area contributed by atoms with Crippen LogP contribution in [0.4, 0.5) is 5.69 Å². The van der Waals surface area contributed by atoms with Crippen LogP contribution in [0, 0.1) is 11.3 Å². The Hall–Kier alpha value is -3.46. The van der Waals surface area contributed by atoms with Crippen molar-refractivity contribution in [2.75, 3.05) is 5.32 Å². The number of hydrogen-bond acceptors (Lipinski definition) is 4. The molecule has 6 heteroatoms. The molecule has 1 atom stereocenters. The number of rotatable bonds is 3. The van der Waals surface area contributed by atoms with Crippen LogP contribution in [0.25, 0.3) is 0 Å². The van der Waals surface area contributed by atoms with Crippen molar-refractivity contribution in [2.45, 2.75) is 13.0 Å². The minimum Gasteiger partial charge on any atom is -0.324 e. The monoisotopic (exact) mass is 319 g/mol. The van der Waals surface area contributed by atoms with Gasteiger partial charge in [-0.25, -0.2) is 0 Å². The van der Waals surface area contributed by atoms with Gasteiger partial charge in [-0.15, -0.1) is 0 Å². The highest BCUT2D eigenvalue weighted by Gasteiger charge is 2.40. The highest BCUT2D eigenvalue weighted by molar-refractivity contribution is 6.23. The van der Waals surface area contributed by atoms with E-state index in [1.807, 2.05) is 6.07 Å². The molecule has 24 heavy (non-hydrogen) atoms. The molecule has 1 aliphatic rings. The third-order valence-electron chi connectivity index (χ3n) is 3.85. The lowest BCUT2D eigenvalue weighted by Gasteiger charge is -2.21. The maximum absolute atomic E-state index is 12.4. The number of imide groups is 1. The number of hydrogen-bond donors (Lipinski definition) is 1. The van der Waals surface area contributed by atoms with Crippen LogP contribution in [0.3, 0.4) is 0 Å². The van der Waals surface area contributed by atoms with Crippen LogP contribution in [0.1, 0.15) is 33.2 Å². The molecule has 118 valence electrons. The topological polar surface area (TPSA) is 90.3 Å². The number of benzene rings is 2. The van der Waals surface area contributed by atoms with Crippen molar-refractivity contribution < 1.29 is 14.4 Å². The summed E-state index contributed by atoms with van der Waals surface area (Å²) in [4.78, 5) is 38.1. The second kappa shape index (κ2) is 5.97. The summed E-state index contributed by atoms with van der Waals surface area (Å²) in [6.07, 6.45) is 0. The van der Waals surface area contributed by atoms with E-state index in [1.165, 1.54) is 13.0 Å². The molecule has 0 spiro atoms. The number of carbonyl (C=O) groups excluding carboxylic acids is 3. The quantitative estimate of drug-likeness (QED) is 0.878. The number of nitriles is 1. The van der Waals surface area contributed by atoms with Gasteiger partial charge in [0.25, 0.3) is 11.8 Å². The molecular weight excluding hydrogens is 306 g/mol. The van der Waals surface area contributed by atoms with Crippen LogP contribution in [0.15, 0.2) is 48.5 Å². The Labute approximate surface area is 138 Å². The van der Waals surface area contributed by atoms with E-state index in [2.05, 4.69) is 5.32 Å². The molecule has 3 rings (SSSR count). The number of carbonyl (C=O) groups is 3. The average molecular weight is 319 g/mol. The Kier molecular flexibility index (Phi) is 3.84. The molecule has 1 aliphatic heterocycles. The SMILES string of the molecule is C[C@@H](C(=O)Nc1cccc(C#N)c1)N1C(=O)c2ccccc2C1=O. The van der Waals surface area contributed by atoms with Gasteiger partial charge in [-0.2, -0.15) is 5.26 Å². The van der Waals surface area contributed by atoms with Gasteiger partial charge in [0, 0.05) is 5.69 Å². The summed E-state index contributed by atoms with van der Waals surface area (Å²) in [6.45, 7) is 1.49. The summed E-state index contributed by atoms with van der Waals surface area (Å²) in [5, 5.41) is 11.5. The van der Waals surface area contributed by atoms with Crippen molar-refractivity contribution in [3.63, 3.8) is 0 Å². The second-order valence-electron chi connectivity index (χ2n) is 5.38. The minimum atomic E-state index is -0.969. The first kappa shape index (κ1) is 15.4. The van der Waals surface area contributed by atoms with E-state index < -0.39 is 23.8 Å². The van der Waals surface area contributed by atoms with E-state index in [0.717, 1.165) is 4.90 Å². The Morgan fingerprint density at radius 1 is 1.08 bits per heavy atom. The Morgan fingerprint density at radius 2 is 1.71 bits per heavy atom. The fourth-order valence-electron chi connectivity index (χ4n) is 2.59. The Bertz CT molecular complexity index is 863. The maximum Gasteiger partial charge on any atom is 0.262 e. The highest BCUT2D eigenvalue weighted by atomic mass is 16.2. The molecule has 0 bridgehead atoms. The van der Waals surface area contributed by atoms with Gasteiger partial charge in [-0.05, 0) is 37.3 Å². The third-order valence-corrected chi connectivity index (χ3v) is 3.85. The van der Waals surface area contributed by atoms with Crippen LogP contribution in [-0.4, -0.2) is 28.7 Å². The highest BCUT2D eigenvalue weighted by Crippen LogP contribution is 2.25. The smallest absolute Gasteiger partial charge is 0.262 e. The maximum atomic E-state index is 12.4. The van der Waals surface area contributed by atoms with E-state index in [1.54, 1.807) is 42.5 Å². The Morgan fingerprint density at radius 3 is 2.29 bits per heavy atom. The van der Waals surface area contributed by atoms with Crippen LogP contribution in [0.5, 0.6) is 0 Å². The number of amides is 3. The van der Waals surface area contributed by atoms with Gasteiger partial charge in [0.15, 0.2) is 0 Å². The molecular formula is C18H13N3O3. The molecule has 3 amide bonds. The van der Waals surface area contributed by atoms with E-state index >= 15 is 0 Å². The van der Waals surface area contributed by atoms with Crippen molar-refractivity contribution in [1.82, 2.24) is 4.90 Å². The normalized spacial score (nSPS) is 14.1. The molecule has 2 aromatic rings. The van der Waals surface area contributed by atoms with Gasteiger partial charge in [-0.3, -0.25) is 19.3 Å². The number of nitrogens with one attached hydrogen (secondary N) is 1. The number of anilines is 1. The fourth-order valence-corrected chi connectivity index (χ4v) is 2.59. The van der Waals surface area contributed by atoms with Gasteiger partial charge in [0.2, 0.25) is 5.91 Å². The van der Waals surface area contributed by atoms with Crippen molar-refractivity contribution >= 4 is 23.4 Å².